The molecule has 4 aromatic rings. The highest BCUT2D eigenvalue weighted by atomic mass is 16.5. The normalized spacial score (nSPS) is 11.4. The zero-order chi connectivity index (χ0) is 24.5. The molecule has 0 N–H and O–H groups in total. The number of hydrogen-bond donors (Lipinski definition) is 0. The van der Waals surface area contributed by atoms with Crippen molar-refractivity contribution < 1.29 is 18.9 Å². The van der Waals surface area contributed by atoms with Crippen molar-refractivity contribution in [3.8, 4) is 45.3 Å². The van der Waals surface area contributed by atoms with Gasteiger partial charge < -0.3 is 18.9 Å². The van der Waals surface area contributed by atoms with E-state index in [2.05, 4.69) is 57.2 Å². The lowest BCUT2D eigenvalue weighted by Gasteiger charge is -2.21. The molecule has 1 aromatic heterocycles. The predicted molar refractivity (Wildman–Crippen MR) is 138 cm³/mol. The first kappa shape index (κ1) is 23.4. The molecule has 5 heteroatoms. The van der Waals surface area contributed by atoms with Gasteiger partial charge in [0, 0.05) is 22.7 Å². The lowest BCUT2D eigenvalue weighted by molar-refractivity contribution is 0.356. The summed E-state index contributed by atoms with van der Waals surface area (Å²) < 4.78 is 22.5. The molecule has 0 aliphatic heterocycles. The molecule has 0 aliphatic carbocycles. The summed E-state index contributed by atoms with van der Waals surface area (Å²) in [6.07, 6.45) is 1.85. The Morgan fingerprint density at radius 1 is 0.647 bits per heavy atom. The maximum atomic E-state index is 5.79. The third-order valence-electron chi connectivity index (χ3n) is 6.05. The lowest BCUT2D eigenvalue weighted by atomic mass is 9.85. The molecule has 0 saturated carbocycles. The van der Waals surface area contributed by atoms with E-state index < -0.39 is 0 Å². The zero-order valence-electron chi connectivity index (χ0n) is 20.9. The molecule has 0 unspecified atom stereocenters. The van der Waals surface area contributed by atoms with Gasteiger partial charge in [0.25, 0.3) is 0 Å². The minimum Gasteiger partial charge on any atom is -0.493 e. The van der Waals surface area contributed by atoms with Gasteiger partial charge in [0.1, 0.15) is 5.52 Å². The molecule has 5 nitrogen and oxygen atoms in total. The Labute approximate surface area is 201 Å². The highest BCUT2D eigenvalue weighted by Gasteiger charge is 2.19. The van der Waals surface area contributed by atoms with Gasteiger partial charge in [0.05, 0.1) is 28.4 Å². The van der Waals surface area contributed by atoms with Crippen molar-refractivity contribution in [2.45, 2.75) is 26.2 Å². The molecule has 0 saturated heterocycles. The van der Waals surface area contributed by atoms with Crippen LogP contribution in [0.5, 0.6) is 23.0 Å². The minimum atomic E-state index is 0.0350. The van der Waals surface area contributed by atoms with Crippen LogP contribution in [0.25, 0.3) is 33.2 Å². The van der Waals surface area contributed by atoms with E-state index in [-0.39, 0.29) is 5.41 Å². The van der Waals surface area contributed by atoms with E-state index in [4.69, 9.17) is 23.9 Å². The van der Waals surface area contributed by atoms with Crippen molar-refractivity contribution in [3.05, 3.63) is 66.4 Å². The molecule has 0 atom stereocenters. The Kier molecular flexibility index (Phi) is 6.38. The summed E-state index contributed by atoms with van der Waals surface area (Å²) in [5.41, 5.74) is 6.04. The van der Waals surface area contributed by atoms with Crippen molar-refractivity contribution in [1.82, 2.24) is 4.98 Å². The Balaban J connectivity index is 1.91. The number of fused-ring (bicyclic) bond motifs is 1. The second-order valence-electron chi connectivity index (χ2n) is 9.19. The van der Waals surface area contributed by atoms with Crippen molar-refractivity contribution in [1.29, 1.82) is 0 Å². The molecule has 0 amide bonds. The van der Waals surface area contributed by atoms with Crippen LogP contribution in [0.1, 0.15) is 26.3 Å². The molecule has 176 valence electrons. The summed E-state index contributed by atoms with van der Waals surface area (Å²) in [7, 11) is 6.58. The maximum Gasteiger partial charge on any atom is 0.187 e. The maximum absolute atomic E-state index is 5.79. The van der Waals surface area contributed by atoms with Crippen molar-refractivity contribution in [3.63, 3.8) is 0 Å². The zero-order valence-corrected chi connectivity index (χ0v) is 20.9. The van der Waals surface area contributed by atoms with Crippen LogP contribution < -0.4 is 18.9 Å². The average molecular weight is 458 g/mol. The van der Waals surface area contributed by atoms with Crippen LogP contribution in [-0.2, 0) is 5.41 Å². The van der Waals surface area contributed by atoms with Gasteiger partial charge in [-0.25, -0.2) is 0 Å². The van der Waals surface area contributed by atoms with Crippen molar-refractivity contribution in [2.75, 3.05) is 28.4 Å². The third-order valence-corrected chi connectivity index (χ3v) is 6.05. The standard InChI is InChI=1S/C29H31NO4/c1-29(2,3)22-10-8-9-18(14-22)23-15-20(16-25(32-5)27(23)33-6)21-13-19-11-12-24(31-4)28(34-7)26(19)30-17-21/h8-17H,1-7H3. The minimum absolute atomic E-state index is 0.0350. The number of ether oxygens (including phenoxy) is 4. The molecule has 3 aromatic carbocycles. The summed E-state index contributed by atoms with van der Waals surface area (Å²) in [6, 6.07) is 18.7. The van der Waals surface area contributed by atoms with E-state index in [0.29, 0.717) is 23.0 Å². The number of methoxy groups -OCH3 is 4. The fourth-order valence-electron chi connectivity index (χ4n) is 4.17. The first-order chi connectivity index (χ1) is 16.3. The molecular weight excluding hydrogens is 426 g/mol. The summed E-state index contributed by atoms with van der Waals surface area (Å²) >= 11 is 0. The quantitative estimate of drug-likeness (QED) is 0.315. The number of rotatable bonds is 6. The summed E-state index contributed by atoms with van der Waals surface area (Å²) in [5, 5.41) is 0.959. The van der Waals surface area contributed by atoms with Crippen LogP contribution in [0.3, 0.4) is 0 Å². The highest BCUT2D eigenvalue weighted by molar-refractivity contribution is 5.91. The molecule has 4 rings (SSSR count). The smallest absolute Gasteiger partial charge is 0.187 e. The molecule has 1 heterocycles. The number of nitrogens with zero attached hydrogens (tertiary/aromatic N) is 1. The molecule has 0 bridgehead atoms. The first-order valence-corrected chi connectivity index (χ1v) is 11.2. The van der Waals surface area contributed by atoms with Crippen LogP contribution >= 0.6 is 0 Å². The Hall–Kier alpha value is -3.73. The molecule has 0 fully saturated rings. The van der Waals surface area contributed by atoms with E-state index in [1.165, 1.54) is 5.56 Å². The topological polar surface area (TPSA) is 49.8 Å². The van der Waals surface area contributed by atoms with E-state index >= 15 is 0 Å². The monoisotopic (exact) mass is 457 g/mol. The van der Waals surface area contributed by atoms with Crippen LogP contribution in [0.2, 0.25) is 0 Å². The van der Waals surface area contributed by atoms with Crippen molar-refractivity contribution >= 4 is 10.9 Å². The molecule has 34 heavy (non-hydrogen) atoms. The van der Waals surface area contributed by atoms with E-state index in [0.717, 1.165) is 33.2 Å². The SMILES string of the molecule is COc1cc(-c2cnc3c(OC)c(OC)ccc3c2)cc(-c2cccc(C(C)(C)C)c2)c1OC. The summed E-state index contributed by atoms with van der Waals surface area (Å²) in [6.45, 7) is 6.64. The fraction of sp³-hybridized carbons (Fsp3) is 0.276. The highest BCUT2D eigenvalue weighted by Crippen LogP contribution is 2.43. The van der Waals surface area contributed by atoms with Crippen LogP contribution in [0.4, 0.5) is 0 Å². The fourth-order valence-corrected chi connectivity index (χ4v) is 4.17. The summed E-state index contributed by atoms with van der Waals surface area (Å²) in [5.74, 6) is 2.65. The van der Waals surface area contributed by atoms with Gasteiger partial charge in [-0.2, -0.15) is 0 Å². The van der Waals surface area contributed by atoms with Gasteiger partial charge in [-0.05, 0) is 52.4 Å². The van der Waals surface area contributed by atoms with E-state index in [1.54, 1.807) is 28.4 Å². The molecule has 0 radical (unpaired) electrons. The molecular formula is C29H31NO4. The second kappa shape index (κ2) is 9.26. The lowest BCUT2D eigenvalue weighted by Crippen LogP contribution is -2.10. The van der Waals surface area contributed by atoms with Gasteiger partial charge >= 0.3 is 0 Å². The summed E-state index contributed by atoms with van der Waals surface area (Å²) in [4.78, 5) is 4.71. The third kappa shape index (κ3) is 4.26. The van der Waals surface area contributed by atoms with Gasteiger partial charge in [-0.15, -0.1) is 0 Å². The van der Waals surface area contributed by atoms with E-state index in [9.17, 15) is 0 Å². The predicted octanol–water partition coefficient (Wildman–Crippen LogP) is 6.90. The first-order valence-electron chi connectivity index (χ1n) is 11.2. The second-order valence-corrected chi connectivity index (χ2v) is 9.19. The van der Waals surface area contributed by atoms with E-state index in [1.807, 2.05) is 24.4 Å². The van der Waals surface area contributed by atoms with Crippen LogP contribution in [-0.4, -0.2) is 33.4 Å². The van der Waals surface area contributed by atoms with Crippen molar-refractivity contribution in [2.24, 2.45) is 0 Å². The Morgan fingerprint density at radius 2 is 1.38 bits per heavy atom. The average Bonchev–Trinajstić information content (AvgIpc) is 2.86. The van der Waals surface area contributed by atoms with Gasteiger partial charge in [-0.1, -0.05) is 45.0 Å². The van der Waals surface area contributed by atoms with Crippen LogP contribution in [0.15, 0.2) is 60.8 Å². The number of hydrogen-bond acceptors (Lipinski definition) is 5. The molecule has 0 spiro atoms. The molecule has 0 aliphatic rings. The van der Waals surface area contributed by atoms with Gasteiger partial charge in [0.15, 0.2) is 23.0 Å². The Bertz CT molecular complexity index is 1340. The Morgan fingerprint density at radius 3 is 2.03 bits per heavy atom. The van der Waals surface area contributed by atoms with Gasteiger partial charge in [-0.3, -0.25) is 4.98 Å². The largest absolute Gasteiger partial charge is 0.493 e. The number of aromatic nitrogens is 1. The van der Waals surface area contributed by atoms with Crippen LogP contribution in [0, 0.1) is 0 Å². The number of benzene rings is 3. The van der Waals surface area contributed by atoms with Gasteiger partial charge in [0.2, 0.25) is 0 Å². The number of pyridine rings is 1.